The molecule has 2 aliphatic rings. The SMILES string of the molecule is CC1(C)c2ccccc2-c2c(-c3cccc4c3OB(c3ccccc3)C4)cc(N(c3ccc(-c4ccccc4)cc3)c3ccc(-c4ccc5c(c4)sc4ccccc45)n3-c3ccccc3)cc21. The van der Waals surface area contributed by atoms with Gasteiger partial charge in [0, 0.05) is 53.8 Å². The maximum Gasteiger partial charge on any atom is 0.396 e. The number of thiophene rings is 1. The second-order valence-corrected chi connectivity index (χ2v) is 19.5. The largest absolute Gasteiger partial charge is 0.555 e. The van der Waals surface area contributed by atoms with E-state index in [1.165, 1.54) is 75.7 Å². The number of benzene rings is 9. The summed E-state index contributed by atoms with van der Waals surface area (Å²) in [4.78, 5) is 2.48. The fraction of sp³-hybridized carbons (Fsp3) is 0.0645. The molecule has 1 aliphatic carbocycles. The van der Waals surface area contributed by atoms with Gasteiger partial charge in [-0.25, -0.2) is 0 Å². The number of hydrogen-bond acceptors (Lipinski definition) is 3. The minimum Gasteiger partial charge on any atom is -0.555 e. The average Bonchev–Trinajstić information content (AvgIpc) is 4.17. The van der Waals surface area contributed by atoms with Crippen molar-refractivity contribution in [1.82, 2.24) is 4.57 Å². The molecule has 0 amide bonds. The van der Waals surface area contributed by atoms with Crippen LogP contribution < -0.4 is 15.0 Å². The molecule has 5 heteroatoms. The molecule has 0 bridgehead atoms. The first-order chi connectivity index (χ1) is 33.0. The third-order valence-electron chi connectivity index (χ3n) is 14.2. The van der Waals surface area contributed by atoms with Gasteiger partial charge in [-0.1, -0.05) is 178 Å². The van der Waals surface area contributed by atoms with E-state index in [1.54, 1.807) is 0 Å². The molecule has 0 fully saturated rings. The van der Waals surface area contributed by atoms with Crippen LogP contribution in [0, 0.1) is 0 Å². The van der Waals surface area contributed by atoms with Crippen LogP contribution in [0.2, 0.25) is 0 Å². The van der Waals surface area contributed by atoms with Crippen LogP contribution in [0.4, 0.5) is 17.2 Å². The molecule has 3 nitrogen and oxygen atoms in total. The minimum atomic E-state index is -0.267. The lowest BCUT2D eigenvalue weighted by Crippen LogP contribution is -2.35. The number of rotatable bonds is 8. The van der Waals surface area contributed by atoms with Gasteiger partial charge in [0.25, 0.3) is 0 Å². The number of anilines is 3. The van der Waals surface area contributed by atoms with Gasteiger partial charge in [0.1, 0.15) is 11.6 Å². The molecule has 2 aromatic heterocycles. The second kappa shape index (κ2) is 15.7. The third-order valence-corrected chi connectivity index (χ3v) is 15.3. The number of aromatic nitrogens is 1. The van der Waals surface area contributed by atoms with Gasteiger partial charge >= 0.3 is 6.92 Å². The predicted octanol–water partition coefficient (Wildman–Crippen LogP) is 16.0. The lowest BCUT2D eigenvalue weighted by molar-refractivity contribution is 0.603. The van der Waals surface area contributed by atoms with Crippen LogP contribution in [0.3, 0.4) is 0 Å². The van der Waals surface area contributed by atoms with Crippen molar-refractivity contribution in [1.29, 1.82) is 0 Å². The first-order valence-electron chi connectivity index (χ1n) is 23.2. The molecule has 1 aliphatic heterocycles. The molecule has 0 spiro atoms. The molecule has 9 aromatic carbocycles. The summed E-state index contributed by atoms with van der Waals surface area (Å²) in [5, 5.41) is 2.60. The highest BCUT2D eigenvalue weighted by atomic mass is 32.1. The summed E-state index contributed by atoms with van der Waals surface area (Å²) in [6.45, 7) is 4.73. The average molecular weight is 877 g/mol. The van der Waals surface area contributed by atoms with E-state index in [2.05, 4.69) is 248 Å². The standard InChI is InChI=1S/C62H45BN2OS/c1-62(2)54-27-14-12-25-52(54)60-53(51-26-16-19-44-40-63(66-61(44)51)45-20-8-4-9-21-45)38-48(39-55(60)62)64(47-32-29-42(30-33-47)41-17-6-3-7-18-41)59-36-35-56(65(59)46-22-10-5-11-23-46)43-31-34-50-49-24-13-15-28-57(49)67-58(50)37-43/h3-39H,40H2,1-2H3. The monoisotopic (exact) mass is 876 g/mol. The van der Waals surface area contributed by atoms with E-state index in [0.717, 1.165) is 46.2 Å². The van der Waals surface area contributed by atoms with Gasteiger partial charge in [-0.15, -0.1) is 11.3 Å². The van der Waals surface area contributed by atoms with E-state index in [1.807, 2.05) is 11.3 Å². The van der Waals surface area contributed by atoms with Crippen molar-refractivity contribution in [3.8, 4) is 56.1 Å². The van der Waals surface area contributed by atoms with Gasteiger partial charge in [-0.3, -0.25) is 9.47 Å². The van der Waals surface area contributed by atoms with Gasteiger partial charge in [0.15, 0.2) is 0 Å². The number of para-hydroxylation sites is 2. The number of nitrogens with zero attached hydrogens (tertiary/aromatic N) is 2. The van der Waals surface area contributed by atoms with Gasteiger partial charge in [-0.05, 0) is 117 Å². The molecule has 3 heterocycles. The Morgan fingerprint density at radius 3 is 2.00 bits per heavy atom. The van der Waals surface area contributed by atoms with Crippen molar-refractivity contribution >= 4 is 61.1 Å². The van der Waals surface area contributed by atoms with Crippen LogP contribution >= 0.6 is 11.3 Å². The number of hydrogen-bond donors (Lipinski definition) is 0. The fourth-order valence-corrected chi connectivity index (χ4v) is 12.0. The lowest BCUT2D eigenvalue weighted by atomic mass is 9.58. The molecule has 0 saturated carbocycles. The molecule has 0 saturated heterocycles. The Morgan fingerprint density at radius 2 is 1.18 bits per heavy atom. The van der Waals surface area contributed by atoms with Crippen molar-refractivity contribution < 1.29 is 4.65 Å². The topological polar surface area (TPSA) is 17.4 Å². The summed E-state index contributed by atoms with van der Waals surface area (Å²) < 4.78 is 12.1. The Labute approximate surface area is 395 Å². The van der Waals surface area contributed by atoms with E-state index >= 15 is 0 Å². The van der Waals surface area contributed by atoms with Crippen LogP contribution in [-0.4, -0.2) is 11.5 Å². The highest BCUT2D eigenvalue weighted by molar-refractivity contribution is 7.25. The van der Waals surface area contributed by atoms with Crippen molar-refractivity contribution in [3.05, 3.63) is 241 Å². The van der Waals surface area contributed by atoms with Crippen molar-refractivity contribution in [2.45, 2.75) is 25.6 Å². The Hall–Kier alpha value is -7.86. The van der Waals surface area contributed by atoms with Crippen LogP contribution in [-0.2, 0) is 11.7 Å². The third kappa shape index (κ3) is 6.48. The Kier molecular flexibility index (Phi) is 9.23. The molecule has 0 atom stereocenters. The zero-order valence-electron chi connectivity index (χ0n) is 37.4. The van der Waals surface area contributed by atoms with E-state index in [-0.39, 0.29) is 12.3 Å². The summed E-state index contributed by atoms with van der Waals surface area (Å²) in [6.07, 6.45) is 0.831. The second-order valence-electron chi connectivity index (χ2n) is 18.4. The smallest absolute Gasteiger partial charge is 0.396 e. The molecule has 67 heavy (non-hydrogen) atoms. The first kappa shape index (κ1) is 39.5. The zero-order valence-corrected chi connectivity index (χ0v) is 38.2. The normalized spacial score (nSPS) is 13.4. The number of fused-ring (bicyclic) bond motifs is 7. The minimum absolute atomic E-state index is 0.0451. The summed E-state index contributed by atoms with van der Waals surface area (Å²) in [5.41, 5.74) is 17.6. The van der Waals surface area contributed by atoms with E-state index in [4.69, 9.17) is 4.65 Å². The highest BCUT2D eigenvalue weighted by Crippen LogP contribution is 2.56. The zero-order chi connectivity index (χ0) is 44.6. The fourth-order valence-electron chi connectivity index (χ4n) is 10.9. The van der Waals surface area contributed by atoms with E-state index in [0.29, 0.717) is 0 Å². The molecule has 0 radical (unpaired) electrons. The summed E-state index contributed by atoms with van der Waals surface area (Å²) in [6, 6.07) is 82.2. The quantitative estimate of drug-likeness (QED) is 0.142. The molecular formula is C62H45BN2OS. The van der Waals surface area contributed by atoms with Crippen molar-refractivity contribution in [2.75, 3.05) is 4.90 Å². The molecule has 0 N–H and O–H groups in total. The molecule has 11 aromatic rings. The molecular weight excluding hydrogens is 832 g/mol. The highest BCUT2D eigenvalue weighted by Gasteiger charge is 2.40. The summed E-state index contributed by atoms with van der Waals surface area (Å²) in [5.74, 6) is 2.02. The summed E-state index contributed by atoms with van der Waals surface area (Å²) in [7, 11) is 0. The van der Waals surface area contributed by atoms with Gasteiger partial charge in [0.2, 0.25) is 0 Å². The van der Waals surface area contributed by atoms with Crippen LogP contribution in [0.25, 0.3) is 70.5 Å². The lowest BCUT2D eigenvalue weighted by Gasteiger charge is -2.30. The molecule has 318 valence electrons. The van der Waals surface area contributed by atoms with Crippen LogP contribution in [0.5, 0.6) is 5.75 Å². The first-order valence-corrected chi connectivity index (χ1v) is 24.1. The Bertz CT molecular complexity index is 3670. The maximum atomic E-state index is 7.07. The maximum absolute atomic E-state index is 7.07. The molecule has 0 unspecified atom stereocenters. The Balaban J connectivity index is 1.06. The predicted molar refractivity (Wildman–Crippen MR) is 283 cm³/mol. The van der Waals surface area contributed by atoms with Crippen molar-refractivity contribution in [2.24, 2.45) is 0 Å². The van der Waals surface area contributed by atoms with Crippen LogP contribution in [0.1, 0.15) is 30.5 Å². The van der Waals surface area contributed by atoms with E-state index < -0.39 is 0 Å². The summed E-state index contributed by atoms with van der Waals surface area (Å²) >= 11 is 1.86. The Morgan fingerprint density at radius 1 is 0.507 bits per heavy atom. The van der Waals surface area contributed by atoms with Crippen molar-refractivity contribution in [3.63, 3.8) is 0 Å². The van der Waals surface area contributed by atoms with Crippen LogP contribution in [0.15, 0.2) is 224 Å². The van der Waals surface area contributed by atoms with Gasteiger partial charge in [-0.2, -0.15) is 0 Å². The molecule has 13 rings (SSSR count). The van der Waals surface area contributed by atoms with E-state index in [9.17, 15) is 0 Å². The van der Waals surface area contributed by atoms with Gasteiger partial charge < -0.3 is 4.65 Å². The van der Waals surface area contributed by atoms with Gasteiger partial charge in [0.05, 0.1) is 5.69 Å².